The Morgan fingerprint density at radius 2 is 2.11 bits per heavy atom. The van der Waals surface area contributed by atoms with Gasteiger partial charge in [0.2, 0.25) is 0 Å². The van der Waals surface area contributed by atoms with Gasteiger partial charge in [-0.25, -0.2) is 0 Å². The molecule has 2 rings (SSSR count). The van der Waals surface area contributed by atoms with Crippen LogP contribution in [0.4, 0.5) is 0 Å². The third-order valence-electron chi connectivity index (χ3n) is 2.66. The first-order valence-corrected chi connectivity index (χ1v) is 5.68. The molecule has 0 atom stereocenters. The van der Waals surface area contributed by atoms with Crippen LogP contribution in [0.5, 0.6) is 0 Å². The number of rotatable bonds is 6. The van der Waals surface area contributed by atoms with Crippen LogP contribution >= 0.6 is 0 Å². The molecule has 0 fully saturated rings. The molecule has 1 aliphatic carbocycles. The molecule has 1 aliphatic heterocycles. The summed E-state index contributed by atoms with van der Waals surface area (Å²) in [6.07, 6.45) is 5.47. The summed E-state index contributed by atoms with van der Waals surface area (Å²) in [5.74, 6) is -0.823. The van der Waals surface area contributed by atoms with Crippen molar-refractivity contribution in [2.45, 2.75) is 12.8 Å². The summed E-state index contributed by atoms with van der Waals surface area (Å²) in [5, 5.41) is 0.768. The van der Waals surface area contributed by atoms with Gasteiger partial charge >= 0.3 is 0 Å². The number of hydroxylamine groups is 2. The average molecular weight is 251 g/mol. The summed E-state index contributed by atoms with van der Waals surface area (Å²) in [4.78, 5) is 38.8. The van der Waals surface area contributed by atoms with Gasteiger partial charge < -0.3 is 9.53 Å². The fourth-order valence-corrected chi connectivity index (χ4v) is 1.85. The standard InChI is InChI=1S/C12H13NO5/c14-5-6-17-7-8-18-13-11(15)9-3-1-2-4-10(9)12(13)16/h1,3,5H,2,4,6-8H2. The molecule has 1 heterocycles. The number of amides is 2. The number of imide groups is 1. The molecular formula is C12H13NO5. The molecular weight excluding hydrogens is 238 g/mol. The van der Waals surface area contributed by atoms with Crippen LogP contribution in [0.25, 0.3) is 0 Å². The van der Waals surface area contributed by atoms with Gasteiger partial charge in [-0.2, -0.15) is 0 Å². The molecule has 0 radical (unpaired) electrons. The third-order valence-corrected chi connectivity index (χ3v) is 2.66. The van der Waals surface area contributed by atoms with Crippen molar-refractivity contribution < 1.29 is 24.0 Å². The van der Waals surface area contributed by atoms with Crippen molar-refractivity contribution >= 4 is 18.1 Å². The van der Waals surface area contributed by atoms with Crippen LogP contribution in [0.2, 0.25) is 0 Å². The van der Waals surface area contributed by atoms with Crippen LogP contribution in [0.3, 0.4) is 0 Å². The van der Waals surface area contributed by atoms with Crippen molar-refractivity contribution in [3.63, 3.8) is 0 Å². The van der Waals surface area contributed by atoms with E-state index in [2.05, 4.69) is 0 Å². The van der Waals surface area contributed by atoms with Crippen LogP contribution in [0.1, 0.15) is 12.8 Å². The van der Waals surface area contributed by atoms with Crippen LogP contribution in [-0.4, -0.2) is 43.0 Å². The van der Waals surface area contributed by atoms with Gasteiger partial charge in [-0.1, -0.05) is 12.2 Å². The molecule has 0 aromatic carbocycles. The molecule has 96 valence electrons. The number of hydrogen-bond acceptors (Lipinski definition) is 5. The molecule has 2 amide bonds. The summed E-state index contributed by atoms with van der Waals surface area (Å²) in [6, 6.07) is 0. The lowest BCUT2D eigenvalue weighted by atomic mass is 10.00. The van der Waals surface area contributed by atoms with E-state index in [0.29, 0.717) is 23.9 Å². The van der Waals surface area contributed by atoms with E-state index in [0.717, 1.165) is 11.5 Å². The Kier molecular flexibility index (Phi) is 4.01. The Labute approximate surface area is 104 Å². The predicted molar refractivity (Wildman–Crippen MR) is 60.1 cm³/mol. The Bertz CT molecular complexity index is 438. The Hall–Kier alpha value is -1.79. The van der Waals surface area contributed by atoms with E-state index in [1.54, 1.807) is 6.08 Å². The zero-order chi connectivity index (χ0) is 13.0. The van der Waals surface area contributed by atoms with Crippen LogP contribution in [-0.2, 0) is 24.0 Å². The summed E-state index contributed by atoms with van der Waals surface area (Å²) in [6.45, 7) is 0.175. The Morgan fingerprint density at radius 3 is 2.83 bits per heavy atom. The topological polar surface area (TPSA) is 72.9 Å². The maximum atomic E-state index is 11.9. The number of carbonyl (C=O) groups excluding carboxylic acids is 3. The van der Waals surface area contributed by atoms with Gasteiger partial charge in [0.05, 0.1) is 18.8 Å². The van der Waals surface area contributed by atoms with Crippen molar-refractivity contribution in [3.8, 4) is 0 Å². The largest absolute Gasteiger partial charge is 0.371 e. The van der Waals surface area contributed by atoms with Crippen LogP contribution in [0.15, 0.2) is 23.3 Å². The average Bonchev–Trinajstić information content (AvgIpc) is 2.64. The van der Waals surface area contributed by atoms with E-state index in [1.165, 1.54) is 0 Å². The minimum absolute atomic E-state index is 0.0251. The second-order valence-corrected chi connectivity index (χ2v) is 3.81. The zero-order valence-corrected chi connectivity index (χ0v) is 9.76. The molecule has 6 nitrogen and oxygen atoms in total. The van der Waals surface area contributed by atoms with Crippen molar-refractivity contribution in [2.75, 3.05) is 19.8 Å². The van der Waals surface area contributed by atoms with Crippen molar-refractivity contribution in [3.05, 3.63) is 23.3 Å². The first kappa shape index (κ1) is 12.7. The lowest BCUT2D eigenvalue weighted by Gasteiger charge is -2.13. The van der Waals surface area contributed by atoms with E-state index in [1.807, 2.05) is 6.08 Å². The number of aldehydes is 1. The Morgan fingerprint density at radius 1 is 1.28 bits per heavy atom. The molecule has 0 unspecified atom stereocenters. The maximum absolute atomic E-state index is 11.9. The summed E-state index contributed by atoms with van der Waals surface area (Å²) < 4.78 is 4.86. The summed E-state index contributed by atoms with van der Waals surface area (Å²) >= 11 is 0. The monoisotopic (exact) mass is 251 g/mol. The number of hydrogen-bond donors (Lipinski definition) is 0. The lowest BCUT2D eigenvalue weighted by Crippen LogP contribution is -2.33. The van der Waals surface area contributed by atoms with Gasteiger partial charge in [0.25, 0.3) is 11.8 Å². The third kappa shape index (κ3) is 2.39. The minimum Gasteiger partial charge on any atom is -0.371 e. The lowest BCUT2D eigenvalue weighted by molar-refractivity contribution is -0.189. The first-order chi connectivity index (χ1) is 8.75. The number of carbonyl (C=O) groups is 3. The molecule has 0 saturated heterocycles. The molecule has 2 aliphatic rings. The molecule has 6 heteroatoms. The SMILES string of the molecule is O=CCOCCON1C(=O)C2=C(CCC=C2)C1=O. The van der Waals surface area contributed by atoms with Gasteiger partial charge in [0.1, 0.15) is 12.9 Å². The first-order valence-electron chi connectivity index (χ1n) is 5.68. The highest BCUT2D eigenvalue weighted by Gasteiger charge is 2.38. The summed E-state index contributed by atoms with van der Waals surface area (Å²) in [7, 11) is 0. The van der Waals surface area contributed by atoms with Crippen molar-refractivity contribution in [1.29, 1.82) is 0 Å². The number of nitrogens with zero attached hydrogens (tertiary/aromatic N) is 1. The highest BCUT2D eigenvalue weighted by atomic mass is 16.7. The molecule has 0 saturated carbocycles. The Balaban J connectivity index is 1.88. The second-order valence-electron chi connectivity index (χ2n) is 3.81. The molecule has 0 aromatic rings. The fraction of sp³-hybridized carbons (Fsp3) is 0.417. The highest BCUT2D eigenvalue weighted by molar-refractivity contribution is 6.20. The van der Waals surface area contributed by atoms with E-state index < -0.39 is 11.8 Å². The van der Waals surface area contributed by atoms with Crippen molar-refractivity contribution in [1.82, 2.24) is 5.06 Å². The van der Waals surface area contributed by atoms with Gasteiger partial charge in [0.15, 0.2) is 0 Å². The van der Waals surface area contributed by atoms with Gasteiger partial charge in [-0.15, -0.1) is 5.06 Å². The number of allylic oxidation sites excluding steroid dienone is 1. The molecule has 0 N–H and O–H groups in total. The predicted octanol–water partition coefficient (Wildman–Crippen LogP) is 0.149. The van der Waals surface area contributed by atoms with Gasteiger partial charge in [-0.3, -0.25) is 14.4 Å². The van der Waals surface area contributed by atoms with Crippen LogP contribution in [0, 0.1) is 0 Å². The molecule has 0 spiro atoms. The smallest absolute Gasteiger partial charge is 0.285 e. The normalized spacial score (nSPS) is 18.6. The van der Waals surface area contributed by atoms with E-state index in [4.69, 9.17) is 9.57 Å². The zero-order valence-electron chi connectivity index (χ0n) is 9.76. The fourth-order valence-electron chi connectivity index (χ4n) is 1.85. The highest BCUT2D eigenvalue weighted by Crippen LogP contribution is 2.28. The molecule has 18 heavy (non-hydrogen) atoms. The van der Waals surface area contributed by atoms with Gasteiger partial charge in [-0.05, 0) is 12.8 Å². The molecule has 0 bridgehead atoms. The second kappa shape index (κ2) is 5.70. The van der Waals surface area contributed by atoms with E-state index >= 15 is 0 Å². The van der Waals surface area contributed by atoms with Crippen molar-refractivity contribution in [2.24, 2.45) is 0 Å². The minimum atomic E-state index is -0.429. The molecule has 0 aromatic heterocycles. The maximum Gasteiger partial charge on any atom is 0.285 e. The quantitative estimate of drug-likeness (QED) is 0.381. The summed E-state index contributed by atoms with van der Waals surface area (Å²) in [5.41, 5.74) is 0.927. The van der Waals surface area contributed by atoms with Gasteiger partial charge in [0, 0.05) is 5.57 Å². The van der Waals surface area contributed by atoms with E-state index in [-0.39, 0.29) is 19.8 Å². The van der Waals surface area contributed by atoms with Crippen LogP contribution < -0.4 is 0 Å². The van der Waals surface area contributed by atoms with E-state index in [9.17, 15) is 14.4 Å². The number of ether oxygens (including phenoxy) is 1.